The first-order chi connectivity index (χ1) is 9.40. The monoisotopic (exact) mass is 306 g/mol. The minimum Gasteiger partial charge on any atom is -0.480 e. The van der Waals surface area contributed by atoms with Crippen LogP contribution in [0.25, 0.3) is 0 Å². The number of carbonyl (C=O) groups excluding carboxylic acids is 3. The summed E-state index contributed by atoms with van der Waals surface area (Å²) in [5.74, 6) is -2.21. The van der Waals surface area contributed by atoms with E-state index in [1.54, 1.807) is 0 Å². The molecule has 7 N–H and O–H groups in total. The zero-order valence-electron chi connectivity index (χ0n) is 10.7. The van der Waals surface area contributed by atoms with Crippen LogP contribution >= 0.6 is 11.9 Å². The van der Waals surface area contributed by atoms with Crippen LogP contribution in [-0.4, -0.2) is 53.6 Å². The Morgan fingerprint density at radius 3 is 2.50 bits per heavy atom. The fourth-order valence-electron chi connectivity index (χ4n) is 1.20. The van der Waals surface area contributed by atoms with Crippen LogP contribution in [0.2, 0.25) is 0 Å². The Labute approximate surface area is 120 Å². The molecule has 2 atom stereocenters. The molecule has 2 unspecified atom stereocenters. The van der Waals surface area contributed by atoms with E-state index in [2.05, 4.69) is 10.6 Å². The molecule has 0 aliphatic carbocycles. The molecule has 0 spiro atoms. The molecule has 0 bridgehead atoms. The molecule has 0 saturated heterocycles. The molecule has 0 aromatic heterocycles. The first-order valence-electron chi connectivity index (χ1n) is 5.72. The van der Waals surface area contributed by atoms with Gasteiger partial charge in [0.05, 0.1) is 6.04 Å². The minimum atomic E-state index is -1.19. The van der Waals surface area contributed by atoms with E-state index in [9.17, 15) is 19.2 Å². The van der Waals surface area contributed by atoms with Crippen LogP contribution < -0.4 is 21.5 Å². The molecule has 20 heavy (non-hydrogen) atoms. The van der Waals surface area contributed by atoms with Crippen molar-refractivity contribution in [1.82, 2.24) is 10.6 Å². The van der Waals surface area contributed by atoms with E-state index >= 15 is 0 Å². The molecule has 0 aromatic rings. The van der Waals surface area contributed by atoms with E-state index in [4.69, 9.17) is 16.0 Å². The molecule has 0 heterocycles. The van der Waals surface area contributed by atoms with E-state index in [0.717, 1.165) is 11.9 Å². The van der Waals surface area contributed by atoms with Crippen molar-refractivity contribution in [1.29, 1.82) is 0 Å². The van der Waals surface area contributed by atoms with E-state index in [1.807, 2.05) is 0 Å². The summed E-state index contributed by atoms with van der Waals surface area (Å²) in [5.41, 5.74) is 5.33. The van der Waals surface area contributed by atoms with Gasteiger partial charge < -0.3 is 26.3 Å². The number of hydrogen-bond donors (Lipinski definition) is 5. The smallest absolute Gasteiger partial charge is 0.322 e. The first-order valence-corrected chi connectivity index (χ1v) is 6.77. The third-order valence-corrected chi connectivity index (χ3v) is 2.73. The lowest BCUT2D eigenvalue weighted by molar-refractivity contribution is -0.138. The highest BCUT2D eigenvalue weighted by Crippen LogP contribution is 1.98. The lowest BCUT2D eigenvalue weighted by Crippen LogP contribution is -2.49. The number of aldehydes is 1. The number of aliphatic carboxylic acids is 1. The number of carbonyl (C=O) groups is 4. The lowest BCUT2D eigenvalue weighted by atomic mass is 10.2. The molecule has 0 aliphatic rings. The molecule has 9 nitrogen and oxygen atoms in total. The maximum atomic E-state index is 11.6. The van der Waals surface area contributed by atoms with Gasteiger partial charge in [-0.2, -0.15) is 0 Å². The lowest BCUT2D eigenvalue weighted by Gasteiger charge is -2.17. The maximum Gasteiger partial charge on any atom is 0.322 e. The van der Waals surface area contributed by atoms with E-state index in [0.29, 0.717) is 6.29 Å². The Balaban J connectivity index is 4.30. The third-order valence-electron chi connectivity index (χ3n) is 2.21. The van der Waals surface area contributed by atoms with Gasteiger partial charge in [-0.1, -0.05) is 11.9 Å². The number of carboxylic acids is 1. The summed E-state index contributed by atoms with van der Waals surface area (Å²) in [6, 6.07) is -1.67. The second-order valence-electron chi connectivity index (χ2n) is 3.90. The summed E-state index contributed by atoms with van der Waals surface area (Å²) < 4.78 is 0. The number of hydrogen-bond acceptors (Lipinski definition) is 7. The van der Waals surface area contributed by atoms with Gasteiger partial charge in [0.1, 0.15) is 18.9 Å². The molecule has 0 saturated carbocycles. The quantitative estimate of drug-likeness (QED) is 0.220. The van der Waals surface area contributed by atoms with Crippen LogP contribution in [0.1, 0.15) is 12.8 Å². The predicted molar refractivity (Wildman–Crippen MR) is 72.5 cm³/mol. The van der Waals surface area contributed by atoms with Crippen LogP contribution in [0.4, 0.5) is 0 Å². The van der Waals surface area contributed by atoms with Crippen LogP contribution in [0.3, 0.4) is 0 Å². The molecule has 0 fully saturated rings. The molecular formula is C10H18N4O5S. The second kappa shape index (κ2) is 10.2. The Hall–Kier alpha value is -1.65. The number of nitrogens with one attached hydrogen (secondary N) is 2. The number of carboxylic acid groups (broad SMARTS) is 1. The van der Waals surface area contributed by atoms with Crippen molar-refractivity contribution < 1.29 is 24.3 Å². The first kappa shape index (κ1) is 18.4. The van der Waals surface area contributed by atoms with Crippen LogP contribution in [0.15, 0.2) is 0 Å². The molecular weight excluding hydrogens is 288 g/mol. The summed E-state index contributed by atoms with van der Waals surface area (Å²) in [4.78, 5) is 43.8. The standard InChI is InChI=1S/C10H18N4O5S/c11-6(4-15)1-2-8(16)14-7(5-20-12)10(19)13-3-9(17)18/h4,6-7H,1-3,5,11-12H2,(H,13,19)(H,14,16)(H,17,18). The average molecular weight is 306 g/mol. The molecule has 0 aliphatic heterocycles. The Morgan fingerprint density at radius 1 is 1.35 bits per heavy atom. The van der Waals surface area contributed by atoms with Gasteiger partial charge >= 0.3 is 5.97 Å². The second-order valence-corrected chi connectivity index (χ2v) is 4.57. The normalized spacial score (nSPS) is 13.1. The number of nitrogens with two attached hydrogens (primary N) is 2. The van der Waals surface area contributed by atoms with Crippen LogP contribution in [0.5, 0.6) is 0 Å². The number of amides is 2. The molecule has 114 valence electrons. The van der Waals surface area contributed by atoms with E-state index in [-0.39, 0.29) is 18.6 Å². The highest BCUT2D eigenvalue weighted by molar-refractivity contribution is 7.97. The molecule has 0 rings (SSSR count). The molecule has 2 amide bonds. The largest absolute Gasteiger partial charge is 0.480 e. The van der Waals surface area contributed by atoms with Crippen LogP contribution in [0, 0.1) is 0 Å². The van der Waals surface area contributed by atoms with Crippen molar-refractivity contribution >= 4 is 36.0 Å². The van der Waals surface area contributed by atoms with Gasteiger partial charge in [0.2, 0.25) is 11.8 Å². The Kier molecular flexibility index (Phi) is 9.34. The van der Waals surface area contributed by atoms with E-state index < -0.39 is 36.4 Å². The summed E-state index contributed by atoms with van der Waals surface area (Å²) in [7, 11) is 0. The van der Waals surface area contributed by atoms with E-state index in [1.165, 1.54) is 0 Å². The van der Waals surface area contributed by atoms with Crippen molar-refractivity contribution in [3.8, 4) is 0 Å². The van der Waals surface area contributed by atoms with Crippen molar-refractivity contribution in [2.45, 2.75) is 24.9 Å². The fraction of sp³-hybridized carbons (Fsp3) is 0.600. The topological polar surface area (TPSA) is 165 Å². The van der Waals surface area contributed by atoms with Crippen LogP contribution in [-0.2, 0) is 19.2 Å². The fourth-order valence-corrected chi connectivity index (χ4v) is 1.62. The summed E-state index contributed by atoms with van der Waals surface area (Å²) >= 11 is 0.839. The van der Waals surface area contributed by atoms with Gasteiger partial charge in [-0.05, 0) is 6.42 Å². The Bertz CT molecular complexity index is 366. The molecule has 10 heteroatoms. The molecule has 0 aromatic carbocycles. The number of rotatable bonds is 10. The van der Waals surface area contributed by atoms with Crippen molar-refractivity contribution in [3.05, 3.63) is 0 Å². The maximum absolute atomic E-state index is 11.6. The van der Waals surface area contributed by atoms with Gasteiger partial charge in [-0.3, -0.25) is 19.5 Å². The summed E-state index contributed by atoms with van der Waals surface area (Å²) in [5, 5.41) is 18.2. The van der Waals surface area contributed by atoms with Crippen molar-refractivity contribution in [2.24, 2.45) is 10.9 Å². The SMILES string of the molecule is NSCC(NC(=O)CCC(N)C=O)C(=O)NCC(=O)O. The van der Waals surface area contributed by atoms with Gasteiger partial charge in [-0.25, -0.2) is 0 Å². The Morgan fingerprint density at radius 2 is 2.00 bits per heavy atom. The van der Waals surface area contributed by atoms with Gasteiger partial charge in [0, 0.05) is 12.2 Å². The van der Waals surface area contributed by atoms with Gasteiger partial charge in [0.25, 0.3) is 0 Å². The summed E-state index contributed by atoms with van der Waals surface area (Å²) in [6.07, 6.45) is 0.673. The zero-order valence-corrected chi connectivity index (χ0v) is 11.5. The average Bonchev–Trinajstić information content (AvgIpc) is 2.41. The predicted octanol–water partition coefficient (Wildman–Crippen LogP) is -2.41. The minimum absolute atomic E-state index is 0.0160. The summed E-state index contributed by atoms with van der Waals surface area (Å²) in [6.45, 7) is -0.545. The molecule has 0 radical (unpaired) electrons. The van der Waals surface area contributed by atoms with Crippen molar-refractivity contribution in [2.75, 3.05) is 12.3 Å². The third kappa shape index (κ3) is 8.45. The zero-order chi connectivity index (χ0) is 15.5. The highest BCUT2D eigenvalue weighted by atomic mass is 32.2. The van der Waals surface area contributed by atoms with Crippen molar-refractivity contribution in [3.63, 3.8) is 0 Å². The van der Waals surface area contributed by atoms with Gasteiger partial charge in [-0.15, -0.1) is 0 Å². The van der Waals surface area contributed by atoms with Gasteiger partial charge in [0.15, 0.2) is 0 Å². The highest BCUT2D eigenvalue weighted by Gasteiger charge is 2.21.